The second-order valence-electron chi connectivity index (χ2n) is 4.86. The Kier molecular flexibility index (Phi) is 3.39. The second kappa shape index (κ2) is 4.78. The zero-order valence-electron chi connectivity index (χ0n) is 10.1. The summed E-state index contributed by atoms with van der Waals surface area (Å²) in [6, 6.07) is 4.69. The molecule has 1 heterocycles. The summed E-state index contributed by atoms with van der Waals surface area (Å²) in [7, 11) is 0. The van der Waals surface area contributed by atoms with Crippen LogP contribution in [0.2, 0.25) is 0 Å². The Hall–Kier alpha value is -1.16. The molecule has 1 aliphatic carbocycles. The average Bonchev–Trinajstić information content (AvgIpc) is 3.10. The standard InChI is InChI=1S/C12H20N4/c1-9(2)8-16(11-4-5-11)12-6-3-10(7-13)14-15-12/h3,6,9,11H,4-5,7-8,13H2,1-2H3. The molecule has 0 bridgehead atoms. The van der Waals surface area contributed by atoms with E-state index in [1.807, 2.05) is 12.1 Å². The van der Waals surface area contributed by atoms with Crippen LogP contribution in [0.4, 0.5) is 5.82 Å². The van der Waals surface area contributed by atoms with Crippen molar-refractivity contribution in [1.82, 2.24) is 10.2 Å². The third kappa shape index (κ3) is 2.70. The fraction of sp³-hybridized carbons (Fsp3) is 0.667. The van der Waals surface area contributed by atoms with Crippen LogP contribution in [0.3, 0.4) is 0 Å². The molecule has 0 atom stereocenters. The van der Waals surface area contributed by atoms with Crippen molar-refractivity contribution in [2.24, 2.45) is 11.7 Å². The van der Waals surface area contributed by atoms with Crippen LogP contribution in [0.25, 0.3) is 0 Å². The van der Waals surface area contributed by atoms with Crippen LogP contribution in [0.15, 0.2) is 12.1 Å². The van der Waals surface area contributed by atoms with Crippen molar-refractivity contribution in [3.63, 3.8) is 0 Å². The predicted molar refractivity (Wildman–Crippen MR) is 65.1 cm³/mol. The number of nitrogens with two attached hydrogens (primary N) is 1. The van der Waals surface area contributed by atoms with Gasteiger partial charge in [0.15, 0.2) is 5.82 Å². The molecule has 0 aliphatic heterocycles. The lowest BCUT2D eigenvalue weighted by atomic mass is 10.2. The van der Waals surface area contributed by atoms with Crippen LogP contribution < -0.4 is 10.6 Å². The lowest BCUT2D eigenvalue weighted by molar-refractivity contribution is 0.599. The van der Waals surface area contributed by atoms with Crippen molar-refractivity contribution in [2.75, 3.05) is 11.4 Å². The van der Waals surface area contributed by atoms with E-state index in [2.05, 4.69) is 28.9 Å². The van der Waals surface area contributed by atoms with Crippen molar-refractivity contribution in [3.8, 4) is 0 Å². The number of hydrogen-bond donors (Lipinski definition) is 1. The minimum absolute atomic E-state index is 0.459. The molecule has 1 saturated carbocycles. The van der Waals surface area contributed by atoms with E-state index in [4.69, 9.17) is 5.73 Å². The number of anilines is 1. The van der Waals surface area contributed by atoms with Crippen LogP contribution in [0.1, 0.15) is 32.4 Å². The van der Waals surface area contributed by atoms with E-state index < -0.39 is 0 Å². The molecule has 1 aliphatic rings. The number of aromatic nitrogens is 2. The highest BCUT2D eigenvalue weighted by atomic mass is 15.3. The fourth-order valence-corrected chi connectivity index (χ4v) is 1.82. The van der Waals surface area contributed by atoms with E-state index in [0.29, 0.717) is 18.5 Å². The summed E-state index contributed by atoms with van der Waals surface area (Å²) in [4.78, 5) is 2.37. The molecule has 0 spiro atoms. The SMILES string of the molecule is CC(C)CN(c1ccc(CN)nn1)C1CC1. The molecule has 16 heavy (non-hydrogen) atoms. The lowest BCUT2D eigenvalue weighted by Gasteiger charge is -2.24. The van der Waals surface area contributed by atoms with Gasteiger partial charge in [-0.25, -0.2) is 0 Å². The van der Waals surface area contributed by atoms with Crippen LogP contribution in [0.5, 0.6) is 0 Å². The molecule has 2 rings (SSSR count). The Morgan fingerprint density at radius 1 is 1.38 bits per heavy atom. The monoisotopic (exact) mass is 220 g/mol. The highest BCUT2D eigenvalue weighted by Crippen LogP contribution is 2.30. The van der Waals surface area contributed by atoms with Gasteiger partial charge in [-0.05, 0) is 30.9 Å². The maximum atomic E-state index is 5.51. The smallest absolute Gasteiger partial charge is 0.151 e. The first kappa shape index (κ1) is 11.3. The zero-order valence-corrected chi connectivity index (χ0v) is 10.1. The molecule has 4 nitrogen and oxygen atoms in total. The Bertz CT molecular complexity index is 329. The number of hydrogen-bond acceptors (Lipinski definition) is 4. The van der Waals surface area contributed by atoms with E-state index in [1.165, 1.54) is 12.8 Å². The summed E-state index contributed by atoms with van der Waals surface area (Å²) in [6.45, 7) is 5.98. The second-order valence-corrected chi connectivity index (χ2v) is 4.86. The first-order valence-electron chi connectivity index (χ1n) is 6.00. The first-order valence-corrected chi connectivity index (χ1v) is 6.00. The topological polar surface area (TPSA) is 55.0 Å². The van der Waals surface area contributed by atoms with E-state index in [1.54, 1.807) is 0 Å². The van der Waals surface area contributed by atoms with Gasteiger partial charge in [0.25, 0.3) is 0 Å². The summed E-state index contributed by atoms with van der Waals surface area (Å²) < 4.78 is 0. The molecule has 1 aromatic rings. The van der Waals surface area contributed by atoms with Gasteiger partial charge in [-0.1, -0.05) is 13.8 Å². The van der Waals surface area contributed by atoms with Gasteiger partial charge in [0.1, 0.15) is 0 Å². The molecule has 2 N–H and O–H groups in total. The van der Waals surface area contributed by atoms with Crippen molar-refractivity contribution in [3.05, 3.63) is 17.8 Å². The van der Waals surface area contributed by atoms with Gasteiger partial charge < -0.3 is 10.6 Å². The van der Waals surface area contributed by atoms with E-state index in [9.17, 15) is 0 Å². The lowest BCUT2D eigenvalue weighted by Crippen LogP contribution is -2.30. The minimum Gasteiger partial charge on any atom is -0.352 e. The van der Waals surface area contributed by atoms with Gasteiger partial charge >= 0.3 is 0 Å². The van der Waals surface area contributed by atoms with Crippen LogP contribution >= 0.6 is 0 Å². The number of rotatable bonds is 5. The summed E-state index contributed by atoms with van der Waals surface area (Å²) in [5.41, 5.74) is 6.36. The van der Waals surface area contributed by atoms with Gasteiger partial charge in [0.05, 0.1) is 5.69 Å². The van der Waals surface area contributed by atoms with Crippen LogP contribution in [-0.4, -0.2) is 22.8 Å². The highest BCUT2D eigenvalue weighted by molar-refractivity contribution is 5.40. The van der Waals surface area contributed by atoms with Crippen molar-refractivity contribution in [2.45, 2.75) is 39.3 Å². The van der Waals surface area contributed by atoms with E-state index in [-0.39, 0.29) is 0 Å². The molecule has 0 aromatic carbocycles. The fourth-order valence-electron chi connectivity index (χ4n) is 1.82. The minimum atomic E-state index is 0.459. The van der Waals surface area contributed by atoms with Gasteiger partial charge in [-0.2, -0.15) is 5.10 Å². The summed E-state index contributed by atoms with van der Waals surface area (Å²) >= 11 is 0. The Morgan fingerprint density at radius 2 is 2.12 bits per heavy atom. The average molecular weight is 220 g/mol. The van der Waals surface area contributed by atoms with Gasteiger partial charge in [0, 0.05) is 19.1 Å². The molecule has 1 fully saturated rings. The first-order chi connectivity index (χ1) is 7.70. The quantitative estimate of drug-likeness (QED) is 0.818. The Morgan fingerprint density at radius 3 is 2.56 bits per heavy atom. The van der Waals surface area contributed by atoms with Gasteiger partial charge in [0.2, 0.25) is 0 Å². The molecular formula is C12H20N4. The maximum Gasteiger partial charge on any atom is 0.151 e. The van der Waals surface area contributed by atoms with Gasteiger partial charge in [-0.15, -0.1) is 5.10 Å². The molecule has 0 unspecified atom stereocenters. The molecule has 0 amide bonds. The highest BCUT2D eigenvalue weighted by Gasteiger charge is 2.30. The van der Waals surface area contributed by atoms with Crippen molar-refractivity contribution in [1.29, 1.82) is 0 Å². The summed E-state index contributed by atoms with van der Waals surface area (Å²) in [5.74, 6) is 1.64. The Balaban J connectivity index is 2.11. The molecule has 0 saturated heterocycles. The molecular weight excluding hydrogens is 200 g/mol. The van der Waals surface area contributed by atoms with Crippen molar-refractivity contribution < 1.29 is 0 Å². The Labute approximate surface area is 96.9 Å². The third-order valence-corrected chi connectivity index (χ3v) is 2.76. The largest absolute Gasteiger partial charge is 0.352 e. The molecule has 0 radical (unpaired) electrons. The predicted octanol–water partition coefficient (Wildman–Crippen LogP) is 1.56. The third-order valence-electron chi connectivity index (χ3n) is 2.76. The van der Waals surface area contributed by atoms with Crippen molar-refractivity contribution >= 4 is 5.82 Å². The van der Waals surface area contributed by atoms with Crippen LogP contribution in [-0.2, 0) is 6.54 Å². The molecule has 4 heteroatoms. The normalized spacial score (nSPS) is 15.5. The van der Waals surface area contributed by atoms with Gasteiger partial charge in [-0.3, -0.25) is 0 Å². The van der Waals surface area contributed by atoms with E-state index >= 15 is 0 Å². The maximum absolute atomic E-state index is 5.51. The summed E-state index contributed by atoms with van der Waals surface area (Å²) in [6.07, 6.45) is 2.57. The van der Waals surface area contributed by atoms with E-state index in [0.717, 1.165) is 18.1 Å². The molecule has 1 aromatic heterocycles. The number of nitrogens with zero attached hydrogens (tertiary/aromatic N) is 3. The van der Waals surface area contributed by atoms with Crippen LogP contribution in [0, 0.1) is 5.92 Å². The zero-order chi connectivity index (χ0) is 11.5. The molecule has 88 valence electrons. The summed E-state index contributed by atoms with van der Waals surface area (Å²) in [5, 5.41) is 8.38.